The quantitative estimate of drug-likeness (QED) is 0.579. The molecule has 1 nitrogen and oxygen atoms in total. The van der Waals surface area contributed by atoms with Crippen molar-refractivity contribution in [2.75, 3.05) is 0 Å². The molecule has 5 rings (SSSR count). The first kappa shape index (κ1) is 19.0. The highest BCUT2D eigenvalue weighted by Gasteiger charge is 2.68. The van der Waals surface area contributed by atoms with E-state index in [1.807, 2.05) is 12.1 Å². The molecule has 0 saturated heterocycles. The molecule has 0 spiro atoms. The highest BCUT2D eigenvalue weighted by molar-refractivity contribution is 5.38. The van der Waals surface area contributed by atoms with Crippen LogP contribution < -0.4 is 0 Å². The molecule has 6 atom stereocenters. The van der Waals surface area contributed by atoms with E-state index < -0.39 is 0 Å². The Morgan fingerprint density at radius 1 is 0.786 bits per heavy atom. The Morgan fingerprint density at radius 2 is 1.25 bits per heavy atom. The maximum Gasteiger partial charge on any atom is 0.119 e. The standard InChI is InChI=1S/C27H40O/c1-24(2)17-11-13-26(24,5)20(15-17)23(19-9-7-8-10-22(19)28)21-16-18-12-14-27(21,6)25(18,3)4/h7-10,17-18,20-21,23,28H,11-16H2,1-6H3. The van der Waals surface area contributed by atoms with Gasteiger partial charge in [0.25, 0.3) is 0 Å². The van der Waals surface area contributed by atoms with E-state index in [-0.39, 0.29) is 0 Å². The van der Waals surface area contributed by atoms with E-state index in [9.17, 15) is 5.11 Å². The van der Waals surface area contributed by atoms with Crippen LogP contribution in [0, 0.1) is 45.3 Å². The fraction of sp³-hybridized carbons (Fsp3) is 0.778. The zero-order valence-corrected chi connectivity index (χ0v) is 18.9. The summed E-state index contributed by atoms with van der Waals surface area (Å²) in [5.74, 6) is 4.16. The number of hydrogen-bond acceptors (Lipinski definition) is 1. The van der Waals surface area contributed by atoms with Crippen molar-refractivity contribution in [2.45, 2.75) is 86.0 Å². The van der Waals surface area contributed by atoms with Gasteiger partial charge in [-0.2, -0.15) is 0 Å². The van der Waals surface area contributed by atoms with Crippen molar-refractivity contribution in [1.29, 1.82) is 0 Å². The molecule has 0 aliphatic heterocycles. The van der Waals surface area contributed by atoms with Gasteiger partial charge < -0.3 is 5.11 Å². The lowest BCUT2D eigenvalue weighted by Crippen LogP contribution is -2.42. The van der Waals surface area contributed by atoms with Gasteiger partial charge >= 0.3 is 0 Å². The Balaban J connectivity index is 1.64. The molecule has 1 heteroatoms. The largest absolute Gasteiger partial charge is 0.508 e. The highest BCUT2D eigenvalue weighted by atomic mass is 16.3. The molecular formula is C27H40O. The third kappa shape index (κ3) is 2.04. The average Bonchev–Trinajstić information content (AvgIpc) is 3.15. The number of phenolic OH excluding ortho intramolecular Hbond substituents is 1. The highest BCUT2D eigenvalue weighted by Crippen LogP contribution is 2.76. The molecule has 1 aromatic carbocycles. The van der Waals surface area contributed by atoms with Crippen LogP contribution in [0.3, 0.4) is 0 Å². The number of rotatable bonds is 3. The SMILES string of the molecule is CC1(C)C2CCC1(C)C(C(c1ccccc1O)C1CC3CCC1(C)C3(C)C)C2. The molecule has 0 amide bonds. The van der Waals surface area contributed by atoms with Crippen LogP contribution >= 0.6 is 0 Å². The molecular weight excluding hydrogens is 340 g/mol. The Kier molecular flexibility index (Phi) is 3.79. The summed E-state index contributed by atoms with van der Waals surface area (Å²) in [5.41, 5.74) is 2.90. The van der Waals surface area contributed by atoms with Crippen molar-refractivity contribution in [1.82, 2.24) is 0 Å². The number of hydrogen-bond donors (Lipinski definition) is 1. The molecule has 4 saturated carbocycles. The Labute approximate surface area is 172 Å². The molecule has 4 fully saturated rings. The van der Waals surface area contributed by atoms with Gasteiger partial charge in [0.1, 0.15) is 5.75 Å². The summed E-state index contributed by atoms with van der Waals surface area (Å²) in [4.78, 5) is 0. The fourth-order valence-electron chi connectivity index (χ4n) is 9.10. The Hall–Kier alpha value is -0.980. The molecule has 28 heavy (non-hydrogen) atoms. The van der Waals surface area contributed by atoms with E-state index >= 15 is 0 Å². The summed E-state index contributed by atoms with van der Waals surface area (Å²) in [6, 6.07) is 8.34. The van der Waals surface area contributed by atoms with Gasteiger partial charge in [0.05, 0.1) is 0 Å². The maximum absolute atomic E-state index is 11.0. The van der Waals surface area contributed by atoms with Crippen LogP contribution in [0.4, 0.5) is 0 Å². The molecule has 0 radical (unpaired) electrons. The van der Waals surface area contributed by atoms with E-state index in [2.05, 4.69) is 53.7 Å². The minimum atomic E-state index is 0.396. The predicted octanol–water partition coefficient (Wildman–Crippen LogP) is 7.40. The summed E-state index contributed by atoms with van der Waals surface area (Å²) in [7, 11) is 0. The van der Waals surface area contributed by atoms with Gasteiger partial charge in [-0.25, -0.2) is 0 Å². The zero-order chi connectivity index (χ0) is 20.1. The molecule has 1 aromatic rings. The normalized spacial score (nSPS) is 46.2. The second kappa shape index (κ2) is 5.58. The van der Waals surface area contributed by atoms with Crippen molar-refractivity contribution in [3.63, 3.8) is 0 Å². The van der Waals surface area contributed by atoms with E-state index in [1.54, 1.807) is 0 Å². The monoisotopic (exact) mass is 380 g/mol. The van der Waals surface area contributed by atoms with Crippen molar-refractivity contribution >= 4 is 0 Å². The van der Waals surface area contributed by atoms with E-state index in [0.29, 0.717) is 45.2 Å². The lowest BCUT2D eigenvalue weighted by molar-refractivity contribution is 0.0223. The molecule has 4 aliphatic rings. The first-order valence-corrected chi connectivity index (χ1v) is 11.8. The van der Waals surface area contributed by atoms with Crippen LogP contribution in [-0.4, -0.2) is 5.11 Å². The van der Waals surface area contributed by atoms with Gasteiger partial charge in [0.2, 0.25) is 0 Å². The van der Waals surface area contributed by atoms with Gasteiger partial charge in [-0.3, -0.25) is 0 Å². The minimum Gasteiger partial charge on any atom is -0.508 e. The van der Waals surface area contributed by atoms with Crippen LogP contribution in [0.1, 0.15) is 91.5 Å². The van der Waals surface area contributed by atoms with Crippen LogP contribution in [0.15, 0.2) is 24.3 Å². The lowest BCUT2D eigenvalue weighted by Gasteiger charge is -2.50. The summed E-state index contributed by atoms with van der Waals surface area (Å²) < 4.78 is 0. The van der Waals surface area contributed by atoms with Gasteiger partial charge in [0, 0.05) is 0 Å². The van der Waals surface area contributed by atoms with Crippen molar-refractivity contribution in [2.24, 2.45) is 45.3 Å². The second-order valence-electron chi connectivity index (χ2n) is 12.5. The van der Waals surface area contributed by atoms with Gasteiger partial charge in [-0.1, -0.05) is 59.7 Å². The fourth-order valence-corrected chi connectivity index (χ4v) is 9.10. The minimum absolute atomic E-state index is 0.396. The number of aromatic hydroxyl groups is 1. The summed E-state index contributed by atoms with van der Waals surface area (Å²) in [6.07, 6.45) is 8.28. The first-order valence-electron chi connectivity index (χ1n) is 11.8. The third-order valence-electron chi connectivity index (χ3n) is 11.9. The molecule has 0 heterocycles. The van der Waals surface area contributed by atoms with Gasteiger partial charge in [-0.05, 0) is 101 Å². The average molecular weight is 381 g/mol. The number of phenols is 1. The van der Waals surface area contributed by atoms with E-state index in [0.717, 1.165) is 11.8 Å². The Morgan fingerprint density at radius 3 is 1.61 bits per heavy atom. The molecule has 4 bridgehead atoms. The lowest BCUT2D eigenvalue weighted by atomic mass is 9.54. The smallest absolute Gasteiger partial charge is 0.119 e. The van der Waals surface area contributed by atoms with Gasteiger partial charge in [-0.15, -0.1) is 0 Å². The third-order valence-corrected chi connectivity index (χ3v) is 11.9. The summed E-state index contributed by atoms with van der Waals surface area (Å²) >= 11 is 0. The van der Waals surface area contributed by atoms with Crippen LogP contribution in [-0.2, 0) is 0 Å². The predicted molar refractivity (Wildman–Crippen MR) is 116 cm³/mol. The molecule has 4 aliphatic carbocycles. The van der Waals surface area contributed by atoms with E-state index in [4.69, 9.17) is 0 Å². The van der Waals surface area contributed by atoms with E-state index in [1.165, 1.54) is 44.1 Å². The molecule has 6 unspecified atom stereocenters. The van der Waals surface area contributed by atoms with Crippen LogP contribution in [0.25, 0.3) is 0 Å². The second-order valence-corrected chi connectivity index (χ2v) is 12.5. The number of fused-ring (bicyclic) bond motifs is 4. The summed E-state index contributed by atoms with van der Waals surface area (Å²) in [6.45, 7) is 15.4. The topological polar surface area (TPSA) is 20.2 Å². The first-order chi connectivity index (χ1) is 13.0. The zero-order valence-electron chi connectivity index (χ0n) is 18.9. The van der Waals surface area contributed by atoms with Crippen LogP contribution in [0.2, 0.25) is 0 Å². The molecule has 1 N–H and O–H groups in total. The number of para-hydroxylation sites is 1. The van der Waals surface area contributed by atoms with Crippen molar-refractivity contribution in [3.05, 3.63) is 29.8 Å². The molecule has 154 valence electrons. The Bertz CT molecular complexity index is 747. The summed E-state index contributed by atoms with van der Waals surface area (Å²) in [5, 5.41) is 11.0. The van der Waals surface area contributed by atoms with Crippen LogP contribution in [0.5, 0.6) is 5.75 Å². The van der Waals surface area contributed by atoms with Crippen molar-refractivity contribution in [3.8, 4) is 5.75 Å². The maximum atomic E-state index is 11.0. The van der Waals surface area contributed by atoms with Gasteiger partial charge in [0.15, 0.2) is 0 Å². The molecule has 0 aromatic heterocycles. The van der Waals surface area contributed by atoms with Crippen molar-refractivity contribution < 1.29 is 5.11 Å². The number of benzene rings is 1.